The molecule has 2 aromatic carbocycles. The summed E-state index contributed by atoms with van der Waals surface area (Å²) < 4.78 is 41.8. The highest BCUT2D eigenvalue weighted by Crippen LogP contribution is 2.34. The summed E-state index contributed by atoms with van der Waals surface area (Å²) in [5, 5.41) is 6.50. The third kappa shape index (κ3) is 4.46. The van der Waals surface area contributed by atoms with Crippen molar-refractivity contribution < 1.29 is 22.8 Å². The number of hydrogen-bond acceptors (Lipinski definition) is 3. The summed E-state index contributed by atoms with van der Waals surface area (Å²) in [5.41, 5.74) is -1.11. The van der Waals surface area contributed by atoms with Gasteiger partial charge in [0, 0.05) is 30.4 Å². The zero-order chi connectivity index (χ0) is 22.1. The van der Waals surface area contributed by atoms with Gasteiger partial charge in [0.05, 0.1) is 17.4 Å². The van der Waals surface area contributed by atoms with Crippen molar-refractivity contribution in [1.29, 1.82) is 0 Å². The van der Waals surface area contributed by atoms with E-state index in [1.807, 2.05) is 0 Å². The number of anilines is 1. The predicted octanol–water partition coefficient (Wildman–Crippen LogP) is 4.50. The van der Waals surface area contributed by atoms with Gasteiger partial charge in [-0.25, -0.2) is 4.68 Å². The number of alkyl halides is 3. The number of carbonyl (C=O) groups is 2. The number of amides is 2. The predicted molar refractivity (Wildman–Crippen MR) is 106 cm³/mol. The number of aromatic nitrogens is 2. The van der Waals surface area contributed by atoms with Crippen LogP contribution < -0.4 is 5.32 Å². The number of halogens is 4. The molecule has 1 aromatic heterocycles. The van der Waals surface area contributed by atoms with Crippen LogP contribution >= 0.6 is 11.6 Å². The molecule has 1 N–H and O–H groups in total. The van der Waals surface area contributed by atoms with Crippen LogP contribution in [0.3, 0.4) is 0 Å². The third-order valence-corrected chi connectivity index (χ3v) is 4.40. The van der Waals surface area contributed by atoms with E-state index in [-0.39, 0.29) is 17.3 Å². The first-order chi connectivity index (χ1) is 14.1. The van der Waals surface area contributed by atoms with E-state index in [0.717, 1.165) is 6.20 Å². The van der Waals surface area contributed by atoms with Gasteiger partial charge < -0.3 is 10.2 Å². The second-order valence-corrected chi connectivity index (χ2v) is 6.96. The highest BCUT2D eigenvalue weighted by atomic mass is 35.5. The van der Waals surface area contributed by atoms with E-state index in [2.05, 4.69) is 10.4 Å². The smallest absolute Gasteiger partial charge is 0.345 e. The summed E-state index contributed by atoms with van der Waals surface area (Å²) in [6.45, 7) is 0. The van der Waals surface area contributed by atoms with Gasteiger partial charge in [-0.05, 0) is 48.5 Å². The lowest BCUT2D eigenvalue weighted by Gasteiger charge is -2.13. The fraction of sp³-hybridized carbons (Fsp3) is 0.150. The normalized spacial score (nSPS) is 11.3. The van der Waals surface area contributed by atoms with Crippen molar-refractivity contribution in [2.75, 3.05) is 19.4 Å². The molecular formula is C20H16ClF3N4O2. The molecule has 2 amide bonds. The second kappa shape index (κ2) is 8.19. The summed E-state index contributed by atoms with van der Waals surface area (Å²) in [6, 6.07) is 11.4. The van der Waals surface area contributed by atoms with Gasteiger partial charge in [-0.3, -0.25) is 9.59 Å². The topological polar surface area (TPSA) is 67.2 Å². The lowest BCUT2D eigenvalue weighted by Crippen LogP contribution is -2.22. The highest BCUT2D eigenvalue weighted by Gasteiger charge is 2.40. The van der Waals surface area contributed by atoms with Crippen LogP contribution in [-0.4, -0.2) is 40.6 Å². The Hall–Kier alpha value is -3.33. The molecule has 156 valence electrons. The van der Waals surface area contributed by atoms with E-state index in [4.69, 9.17) is 11.6 Å². The molecule has 0 aliphatic rings. The van der Waals surface area contributed by atoms with Crippen LogP contribution in [0.25, 0.3) is 5.69 Å². The maximum Gasteiger partial charge on any atom is 0.434 e. The van der Waals surface area contributed by atoms with Crippen molar-refractivity contribution >= 4 is 29.1 Å². The minimum atomic E-state index is -4.83. The Morgan fingerprint density at radius 1 is 1.03 bits per heavy atom. The molecule has 1 heterocycles. The van der Waals surface area contributed by atoms with Crippen molar-refractivity contribution in [3.63, 3.8) is 0 Å². The summed E-state index contributed by atoms with van der Waals surface area (Å²) in [4.78, 5) is 25.8. The van der Waals surface area contributed by atoms with Crippen LogP contribution in [0, 0.1) is 0 Å². The minimum Gasteiger partial charge on any atom is -0.345 e. The maximum absolute atomic E-state index is 13.7. The molecule has 0 unspecified atom stereocenters. The van der Waals surface area contributed by atoms with Gasteiger partial charge in [-0.15, -0.1) is 0 Å². The lowest BCUT2D eigenvalue weighted by molar-refractivity contribution is -0.143. The average molecular weight is 437 g/mol. The van der Waals surface area contributed by atoms with Crippen LogP contribution in [0.5, 0.6) is 0 Å². The Kier molecular flexibility index (Phi) is 5.84. The van der Waals surface area contributed by atoms with E-state index >= 15 is 0 Å². The van der Waals surface area contributed by atoms with E-state index < -0.39 is 23.3 Å². The molecule has 10 heteroatoms. The van der Waals surface area contributed by atoms with Crippen LogP contribution in [0.4, 0.5) is 18.9 Å². The van der Waals surface area contributed by atoms with E-state index in [9.17, 15) is 22.8 Å². The quantitative estimate of drug-likeness (QED) is 0.655. The van der Waals surface area contributed by atoms with Gasteiger partial charge in [0.25, 0.3) is 11.8 Å². The van der Waals surface area contributed by atoms with Crippen LogP contribution in [0.2, 0.25) is 5.02 Å². The number of rotatable bonds is 4. The molecule has 0 aliphatic heterocycles. The van der Waals surface area contributed by atoms with Crippen molar-refractivity contribution in [3.8, 4) is 5.69 Å². The van der Waals surface area contributed by atoms with Crippen LogP contribution in [0.1, 0.15) is 26.4 Å². The van der Waals surface area contributed by atoms with Gasteiger partial charge in [0.1, 0.15) is 0 Å². The zero-order valence-electron chi connectivity index (χ0n) is 15.9. The Bertz CT molecular complexity index is 1070. The number of carbonyl (C=O) groups excluding carboxylic acids is 2. The zero-order valence-corrected chi connectivity index (χ0v) is 16.6. The number of nitrogens with zero attached hydrogens (tertiary/aromatic N) is 3. The van der Waals surface area contributed by atoms with Gasteiger partial charge in [-0.1, -0.05) is 11.6 Å². The molecule has 0 aliphatic carbocycles. The average Bonchev–Trinajstić information content (AvgIpc) is 3.14. The Labute approximate surface area is 174 Å². The molecule has 0 saturated heterocycles. The highest BCUT2D eigenvalue weighted by molar-refractivity contribution is 6.30. The summed E-state index contributed by atoms with van der Waals surface area (Å²) in [6.07, 6.45) is -3.97. The van der Waals surface area contributed by atoms with Crippen molar-refractivity contribution in [1.82, 2.24) is 14.7 Å². The summed E-state index contributed by atoms with van der Waals surface area (Å²) in [7, 11) is 3.18. The second-order valence-electron chi connectivity index (χ2n) is 6.52. The van der Waals surface area contributed by atoms with Gasteiger partial charge in [0.15, 0.2) is 5.69 Å². The number of hydrogen-bond donors (Lipinski definition) is 1. The van der Waals surface area contributed by atoms with Gasteiger partial charge >= 0.3 is 6.18 Å². The van der Waals surface area contributed by atoms with Crippen LogP contribution in [0.15, 0.2) is 54.7 Å². The number of benzene rings is 2. The molecule has 0 fully saturated rings. The van der Waals surface area contributed by atoms with Gasteiger partial charge in [0.2, 0.25) is 0 Å². The molecule has 0 bridgehead atoms. The minimum absolute atomic E-state index is 0.109. The standard InChI is InChI=1S/C20H16ClF3N4O2/c1-27(2)19(30)12-3-7-14(8-4-12)26-18(29)16-11-25-28(17(16)20(22,23)24)15-9-5-13(21)6-10-15/h3-11H,1-2H3,(H,26,29). The summed E-state index contributed by atoms with van der Waals surface area (Å²) >= 11 is 5.78. The molecule has 6 nitrogen and oxygen atoms in total. The molecule has 3 rings (SSSR count). The van der Waals surface area contributed by atoms with E-state index in [1.54, 1.807) is 14.1 Å². The van der Waals surface area contributed by atoms with E-state index in [0.29, 0.717) is 15.3 Å². The SMILES string of the molecule is CN(C)C(=O)c1ccc(NC(=O)c2cnn(-c3ccc(Cl)cc3)c2C(F)(F)F)cc1. The Morgan fingerprint density at radius 2 is 1.63 bits per heavy atom. The van der Waals surface area contributed by atoms with Crippen molar-refractivity contribution in [3.05, 3.63) is 76.6 Å². The third-order valence-electron chi connectivity index (χ3n) is 4.15. The first-order valence-corrected chi connectivity index (χ1v) is 9.00. The molecule has 0 saturated carbocycles. The first-order valence-electron chi connectivity index (χ1n) is 8.62. The van der Waals surface area contributed by atoms with Crippen LogP contribution in [-0.2, 0) is 6.18 Å². The maximum atomic E-state index is 13.7. The number of nitrogens with one attached hydrogen (secondary N) is 1. The first kappa shape index (κ1) is 21.4. The monoisotopic (exact) mass is 436 g/mol. The largest absolute Gasteiger partial charge is 0.434 e. The van der Waals surface area contributed by atoms with Crippen molar-refractivity contribution in [2.45, 2.75) is 6.18 Å². The van der Waals surface area contributed by atoms with E-state index in [1.165, 1.54) is 53.4 Å². The molecular weight excluding hydrogens is 421 g/mol. The molecule has 3 aromatic rings. The summed E-state index contributed by atoms with van der Waals surface area (Å²) in [5.74, 6) is -1.22. The lowest BCUT2D eigenvalue weighted by atomic mass is 10.1. The Balaban J connectivity index is 1.91. The molecule has 0 radical (unpaired) electrons. The fourth-order valence-corrected chi connectivity index (χ4v) is 2.84. The Morgan fingerprint density at radius 3 is 2.17 bits per heavy atom. The van der Waals surface area contributed by atoms with Crippen molar-refractivity contribution in [2.24, 2.45) is 0 Å². The molecule has 0 spiro atoms. The van der Waals surface area contributed by atoms with Gasteiger partial charge in [-0.2, -0.15) is 18.3 Å². The fourth-order valence-electron chi connectivity index (χ4n) is 2.72. The molecule has 0 atom stereocenters. The molecule has 30 heavy (non-hydrogen) atoms.